The summed E-state index contributed by atoms with van der Waals surface area (Å²) in [5.41, 5.74) is 7.59. The molecule has 2 aromatic carbocycles. The van der Waals surface area contributed by atoms with E-state index < -0.39 is 11.7 Å². The van der Waals surface area contributed by atoms with Crippen LogP contribution in [-0.4, -0.2) is 29.4 Å². The van der Waals surface area contributed by atoms with E-state index >= 15 is 0 Å². The number of carbonyl (C=O) groups excluding carboxylic acids is 2. The maximum atomic E-state index is 14.9. The number of primary amides is 1. The van der Waals surface area contributed by atoms with Crippen molar-refractivity contribution in [3.05, 3.63) is 65.5 Å². The van der Waals surface area contributed by atoms with Gasteiger partial charge in [0.15, 0.2) is 0 Å². The Hall–Kier alpha value is -3.32. The molecule has 4 N–H and O–H groups in total. The van der Waals surface area contributed by atoms with E-state index in [2.05, 4.69) is 17.6 Å². The summed E-state index contributed by atoms with van der Waals surface area (Å²) in [5, 5.41) is 6.89. The first-order valence-corrected chi connectivity index (χ1v) is 11.9. The molecule has 7 heteroatoms. The van der Waals surface area contributed by atoms with E-state index in [1.54, 1.807) is 18.2 Å². The standard InChI is InChI=1S/C27H31FN4O2/c1-17(18-9-3-2-4-10-18)31-27(34)25-20-12-6-8-14-23(20)32-26(19-11-5-7-13-22(19)28)21(25)15-30-16-24(29)33/h5-8,11-14,17-18,30H,2-4,9-10,15-16H2,1H3,(H2,29,33)(H,31,34)/t17-/m0/s1. The van der Waals surface area contributed by atoms with Crippen molar-refractivity contribution in [3.63, 3.8) is 0 Å². The molecule has 4 rings (SSSR count). The van der Waals surface area contributed by atoms with Gasteiger partial charge in [-0.1, -0.05) is 49.6 Å². The second kappa shape index (κ2) is 10.7. The Morgan fingerprint density at radius 2 is 1.79 bits per heavy atom. The Morgan fingerprint density at radius 1 is 1.09 bits per heavy atom. The molecule has 0 unspecified atom stereocenters. The van der Waals surface area contributed by atoms with Crippen LogP contribution in [0.5, 0.6) is 0 Å². The number of carbonyl (C=O) groups is 2. The molecule has 34 heavy (non-hydrogen) atoms. The largest absolute Gasteiger partial charge is 0.369 e. The van der Waals surface area contributed by atoms with E-state index in [9.17, 15) is 14.0 Å². The highest BCUT2D eigenvalue weighted by Gasteiger charge is 2.26. The fraction of sp³-hybridized carbons (Fsp3) is 0.370. The molecule has 1 fully saturated rings. The smallest absolute Gasteiger partial charge is 0.252 e. The van der Waals surface area contributed by atoms with Crippen LogP contribution in [-0.2, 0) is 11.3 Å². The van der Waals surface area contributed by atoms with Crippen molar-refractivity contribution in [2.75, 3.05) is 6.54 Å². The average molecular weight is 463 g/mol. The van der Waals surface area contributed by atoms with E-state index in [1.807, 2.05) is 24.3 Å². The van der Waals surface area contributed by atoms with E-state index in [4.69, 9.17) is 10.7 Å². The number of hydrogen-bond donors (Lipinski definition) is 3. The quantitative estimate of drug-likeness (QED) is 0.465. The lowest BCUT2D eigenvalue weighted by atomic mass is 9.84. The van der Waals surface area contributed by atoms with Crippen LogP contribution in [0.15, 0.2) is 48.5 Å². The first kappa shape index (κ1) is 23.8. The van der Waals surface area contributed by atoms with Gasteiger partial charge in [-0.3, -0.25) is 9.59 Å². The topological polar surface area (TPSA) is 97.1 Å². The van der Waals surface area contributed by atoms with Gasteiger partial charge in [0.05, 0.1) is 23.3 Å². The number of nitrogens with one attached hydrogen (secondary N) is 2. The molecule has 2 amide bonds. The number of para-hydroxylation sites is 1. The molecule has 0 spiro atoms. The first-order chi connectivity index (χ1) is 16.5. The van der Waals surface area contributed by atoms with Crippen LogP contribution in [0.1, 0.15) is 54.9 Å². The molecule has 0 radical (unpaired) electrons. The summed E-state index contributed by atoms with van der Waals surface area (Å²) in [6.45, 7) is 2.13. The molecule has 1 aliphatic rings. The second-order valence-electron chi connectivity index (χ2n) is 9.04. The lowest BCUT2D eigenvalue weighted by Gasteiger charge is -2.29. The van der Waals surface area contributed by atoms with Crippen molar-refractivity contribution in [3.8, 4) is 11.3 Å². The third-order valence-electron chi connectivity index (χ3n) is 6.67. The Morgan fingerprint density at radius 3 is 2.53 bits per heavy atom. The lowest BCUT2D eigenvalue weighted by molar-refractivity contribution is -0.117. The van der Waals surface area contributed by atoms with E-state index in [1.165, 1.54) is 25.3 Å². The zero-order valence-electron chi connectivity index (χ0n) is 19.4. The number of amides is 2. The van der Waals surface area contributed by atoms with Crippen LogP contribution in [0, 0.1) is 11.7 Å². The maximum Gasteiger partial charge on any atom is 0.252 e. The minimum absolute atomic E-state index is 0.0167. The van der Waals surface area contributed by atoms with Crippen LogP contribution >= 0.6 is 0 Å². The molecule has 1 aromatic heterocycles. The lowest BCUT2D eigenvalue weighted by Crippen LogP contribution is -2.39. The van der Waals surface area contributed by atoms with Gasteiger partial charge in [-0.25, -0.2) is 9.37 Å². The number of benzene rings is 2. The molecule has 1 atom stereocenters. The fourth-order valence-electron chi connectivity index (χ4n) is 4.90. The van der Waals surface area contributed by atoms with Crippen LogP contribution < -0.4 is 16.4 Å². The molecule has 0 bridgehead atoms. The summed E-state index contributed by atoms with van der Waals surface area (Å²) >= 11 is 0. The number of fused-ring (bicyclic) bond motifs is 1. The number of hydrogen-bond acceptors (Lipinski definition) is 4. The van der Waals surface area contributed by atoms with Gasteiger partial charge in [0.25, 0.3) is 5.91 Å². The molecule has 1 saturated carbocycles. The summed E-state index contributed by atoms with van der Waals surface area (Å²) in [7, 11) is 0. The van der Waals surface area contributed by atoms with Gasteiger partial charge in [-0.05, 0) is 43.9 Å². The Kier molecular flexibility index (Phi) is 7.53. The van der Waals surface area contributed by atoms with E-state index in [-0.39, 0.29) is 25.0 Å². The molecule has 1 aliphatic carbocycles. The van der Waals surface area contributed by atoms with Crippen LogP contribution in [0.4, 0.5) is 4.39 Å². The second-order valence-corrected chi connectivity index (χ2v) is 9.04. The number of nitrogens with zero attached hydrogens (tertiary/aromatic N) is 1. The predicted molar refractivity (Wildman–Crippen MR) is 132 cm³/mol. The first-order valence-electron chi connectivity index (χ1n) is 11.9. The van der Waals surface area contributed by atoms with Crippen molar-refractivity contribution in [2.45, 2.75) is 51.6 Å². The summed E-state index contributed by atoms with van der Waals surface area (Å²) in [4.78, 5) is 29.8. The number of pyridine rings is 1. The molecular weight excluding hydrogens is 431 g/mol. The van der Waals surface area contributed by atoms with Gasteiger partial charge in [0.2, 0.25) is 5.91 Å². The summed E-state index contributed by atoms with van der Waals surface area (Å²) in [6.07, 6.45) is 5.82. The minimum Gasteiger partial charge on any atom is -0.369 e. The highest BCUT2D eigenvalue weighted by atomic mass is 19.1. The number of rotatable bonds is 8. The predicted octanol–water partition coefficient (Wildman–Crippen LogP) is 4.31. The van der Waals surface area contributed by atoms with E-state index in [0.29, 0.717) is 39.2 Å². The van der Waals surface area contributed by atoms with Gasteiger partial charge >= 0.3 is 0 Å². The molecule has 1 heterocycles. The Balaban J connectivity index is 1.82. The van der Waals surface area contributed by atoms with Crippen LogP contribution in [0.2, 0.25) is 0 Å². The monoisotopic (exact) mass is 462 g/mol. The van der Waals surface area contributed by atoms with Gasteiger partial charge in [-0.15, -0.1) is 0 Å². The Labute approximate surface area is 199 Å². The molecule has 178 valence electrons. The summed E-state index contributed by atoms with van der Waals surface area (Å²) < 4.78 is 14.9. The van der Waals surface area contributed by atoms with Gasteiger partial charge < -0.3 is 16.4 Å². The van der Waals surface area contributed by atoms with Crippen molar-refractivity contribution in [2.24, 2.45) is 11.7 Å². The van der Waals surface area contributed by atoms with Gasteiger partial charge in [0, 0.05) is 29.1 Å². The van der Waals surface area contributed by atoms with Gasteiger partial charge in [0.1, 0.15) is 5.82 Å². The zero-order chi connectivity index (χ0) is 24.1. The van der Waals surface area contributed by atoms with Crippen LogP contribution in [0.25, 0.3) is 22.2 Å². The van der Waals surface area contributed by atoms with Crippen molar-refractivity contribution < 1.29 is 14.0 Å². The molecule has 3 aromatic rings. The van der Waals surface area contributed by atoms with Crippen molar-refractivity contribution in [1.82, 2.24) is 15.6 Å². The van der Waals surface area contributed by atoms with Crippen molar-refractivity contribution in [1.29, 1.82) is 0 Å². The Bertz CT molecular complexity index is 1190. The van der Waals surface area contributed by atoms with E-state index in [0.717, 1.165) is 12.8 Å². The highest BCUT2D eigenvalue weighted by Crippen LogP contribution is 2.32. The average Bonchev–Trinajstić information content (AvgIpc) is 2.84. The van der Waals surface area contributed by atoms with Crippen LogP contribution in [0.3, 0.4) is 0 Å². The molecular formula is C27H31FN4O2. The number of halogens is 1. The molecule has 6 nitrogen and oxygen atoms in total. The SMILES string of the molecule is C[C@H](NC(=O)c1c(CNCC(N)=O)c(-c2ccccc2F)nc2ccccc12)C1CCCCC1. The number of nitrogens with two attached hydrogens (primary N) is 1. The number of aromatic nitrogens is 1. The molecule has 0 aliphatic heterocycles. The molecule has 0 saturated heterocycles. The zero-order valence-corrected chi connectivity index (χ0v) is 19.4. The third kappa shape index (κ3) is 5.25. The fourth-order valence-corrected chi connectivity index (χ4v) is 4.90. The van der Waals surface area contributed by atoms with Gasteiger partial charge in [-0.2, -0.15) is 0 Å². The summed E-state index contributed by atoms with van der Waals surface area (Å²) in [5.74, 6) is -0.722. The normalized spacial score (nSPS) is 15.2. The highest BCUT2D eigenvalue weighted by molar-refractivity contribution is 6.09. The van der Waals surface area contributed by atoms with Crippen molar-refractivity contribution >= 4 is 22.7 Å². The maximum absolute atomic E-state index is 14.9. The summed E-state index contributed by atoms with van der Waals surface area (Å²) in [6, 6.07) is 13.8. The third-order valence-corrected chi connectivity index (χ3v) is 6.67. The minimum atomic E-state index is -0.516.